The molecule has 17 heavy (non-hydrogen) atoms. The summed E-state index contributed by atoms with van der Waals surface area (Å²) in [6.07, 6.45) is 6.36. The van der Waals surface area contributed by atoms with Crippen LogP contribution in [0.25, 0.3) is 0 Å². The summed E-state index contributed by atoms with van der Waals surface area (Å²) in [6, 6.07) is 10.8. The minimum Gasteiger partial charge on any atom is -0.327 e. The lowest BCUT2D eigenvalue weighted by Crippen LogP contribution is -2.33. The summed E-state index contributed by atoms with van der Waals surface area (Å²) in [7, 11) is 0. The van der Waals surface area contributed by atoms with Crippen molar-refractivity contribution < 1.29 is 0 Å². The van der Waals surface area contributed by atoms with Crippen molar-refractivity contribution in [3.63, 3.8) is 0 Å². The molecule has 0 spiro atoms. The van der Waals surface area contributed by atoms with E-state index in [0.717, 1.165) is 19.5 Å². The molecule has 1 atom stereocenters. The Labute approximate surface area is 106 Å². The van der Waals surface area contributed by atoms with Crippen molar-refractivity contribution in [3.05, 3.63) is 35.9 Å². The Bertz CT molecular complexity index is 272. The van der Waals surface area contributed by atoms with Crippen LogP contribution < -0.4 is 11.1 Å². The van der Waals surface area contributed by atoms with Crippen molar-refractivity contribution in [3.8, 4) is 0 Å². The van der Waals surface area contributed by atoms with Crippen LogP contribution in [0.3, 0.4) is 0 Å². The lowest BCUT2D eigenvalue weighted by atomic mass is 10.1. The first-order valence-electron chi connectivity index (χ1n) is 6.83. The van der Waals surface area contributed by atoms with E-state index in [0.29, 0.717) is 6.04 Å². The van der Waals surface area contributed by atoms with Crippen molar-refractivity contribution in [2.45, 2.75) is 51.6 Å². The van der Waals surface area contributed by atoms with Gasteiger partial charge in [-0.1, -0.05) is 62.9 Å². The van der Waals surface area contributed by atoms with Gasteiger partial charge in [-0.25, -0.2) is 0 Å². The third-order valence-corrected chi connectivity index (χ3v) is 3.01. The molecular weight excluding hydrogens is 208 g/mol. The average Bonchev–Trinajstić information content (AvgIpc) is 2.36. The summed E-state index contributed by atoms with van der Waals surface area (Å²) in [6.45, 7) is 4.08. The van der Waals surface area contributed by atoms with Gasteiger partial charge in [0.1, 0.15) is 0 Å². The second kappa shape index (κ2) is 9.20. The van der Waals surface area contributed by atoms with Crippen LogP contribution >= 0.6 is 0 Å². The zero-order valence-electron chi connectivity index (χ0n) is 11.0. The highest BCUT2D eigenvalue weighted by Gasteiger charge is 2.01. The lowest BCUT2D eigenvalue weighted by molar-refractivity contribution is 0.509. The van der Waals surface area contributed by atoms with Crippen molar-refractivity contribution in [2.24, 2.45) is 5.73 Å². The number of hydrogen-bond acceptors (Lipinski definition) is 2. The number of nitrogens with one attached hydrogen (secondary N) is 1. The van der Waals surface area contributed by atoms with Crippen molar-refractivity contribution in [2.75, 3.05) is 6.54 Å². The van der Waals surface area contributed by atoms with Crippen LogP contribution in [0.1, 0.15) is 44.6 Å². The molecule has 1 unspecified atom stereocenters. The molecule has 3 N–H and O–H groups in total. The molecule has 1 rings (SSSR count). The smallest absolute Gasteiger partial charge is 0.0206 e. The minimum absolute atomic E-state index is 0.301. The van der Waals surface area contributed by atoms with Gasteiger partial charge in [0, 0.05) is 19.1 Å². The zero-order chi connectivity index (χ0) is 12.3. The normalized spacial score (nSPS) is 12.6. The van der Waals surface area contributed by atoms with Gasteiger partial charge in [-0.3, -0.25) is 0 Å². The van der Waals surface area contributed by atoms with Crippen LogP contribution in [-0.2, 0) is 6.54 Å². The monoisotopic (exact) mass is 234 g/mol. The third-order valence-electron chi connectivity index (χ3n) is 3.01. The Morgan fingerprint density at radius 1 is 1.12 bits per heavy atom. The number of hydrogen-bond donors (Lipinski definition) is 2. The molecule has 0 aliphatic carbocycles. The Hall–Kier alpha value is -0.860. The fourth-order valence-electron chi connectivity index (χ4n) is 1.93. The van der Waals surface area contributed by atoms with Gasteiger partial charge in [0.2, 0.25) is 0 Å². The Morgan fingerprint density at radius 3 is 2.59 bits per heavy atom. The zero-order valence-corrected chi connectivity index (χ0v) is 11.0. The Balaban J connectivity index is 2.02. The molecule has 0 fully saturated rings. The highest BCUT2D eigenvalue weighted by Crippen LogP contribution is 2.04. The maximum absolute atomic E-state index is 6.06. The molecule has 2 heteroatoms. The second-order valence-electron chi connectivity index (χ2n) is 4.73. The summed E-state index contributed by atoms with van der Waals surface area (Å²) in [5, 5.41) is 3.42. The fraction of sp³-hybridized carbons (Fsp3) is 0.600. The van der Waals surface area contributed by atoms with Crippen LogP contribution in [-0.4, -0.2) is 12.6 Å². The number of nitrogens with two attached hydrogens (primary N) is 1. The van der Waals surface area contributed by atoms with E-state index in [9.17, 15) is 0 Å². The highest BCUT2D eigenvalue weighted by molar-refractivity contribution is 5.14. The topological polar surface area (TPSA) is 38.0 Å². The van der Waals surface area contributed by atoms with Crippen molar-refractivity contribution in [1.29, 1.82) is 0 Å². The molecule has 0 aliphatic rings. The van der Waals surface area contributed by atoms with E-state index in [1.807, 2.05) is 6.07 Å². The van der Waals surface area contributed by atoms with Gasteiger partial charge in [0.25, 0.3) is 0 Å². The molecule has 0 aromatic heterocycles. The largest absolute Gasteiger partial charge is 0.327 e. The number of benzene rings is 1. The molecule has 0 bridgehead atoms. The summed E-state index contributed by atoms with van der Waals surface area (Å²) in [4.78, 5) is 0. The fourth-order valence-corrected chi connectivity index (χ4v) is 1.93. The van der Waals surface area contributed by atoms with Gasteiger partial charge < -0.3 is 11.1 Å². The molecule has 0 heterocycles. The molecule has 96 valence electrons. The van der Waals surface area contributed by atoms with Gasteiger partial charge in [-0.2, -0.15) is 0 Å². The maximum Gasteiger partial charge on any atom is 0.0206 e. The van der Waals surface area contributed by atoms with Gasteiger partial charge in [0.15, 0.2) is 0 Å². The molecule has 0 aliphatic heterocycles. The molecular formula is C15H26N2. The standard InChI is InChI=1S/C15H26N2/c1-2-3-4-8-11-15(16)13-17-12-14-9-6-5-7-10-14/h5-7,9-10,15,17H,2-4,8,11-13,16H2,1H3. The first-order chi connectivity index (χ1) is 8.33. The second-order valence-corrected chi connectivity index (χ2v) is 4.73. The average molecular weight is 234 g/mol. The van der Waals surface area contributed by atoms with Crippen LogP contribution in [0.4, 0.5) is 0 Å². The molecule has 1 aromatic rings. The summed E-state index contributed by atoms with van der Waals surface area (Å²) < 4.78 is 0. The van der Waals surface area contributed by atoms with Crippen LogP contribution in [0.5, 0.6) is 0 Å². The van der Waals surface area contributed by atoms with Crippen LogP contribution in [0.15, 0.2) is 30.3 Å². The third kappa shape index (κ3) is 7.14. The first kappa shape index (κ1) is 14.2. The molecule has 0 amide bonds. The van der Waals surface area contributed by atoms with E-state index in [2.05, 4.69) is 36.5 Å². The maximum atomic E-state index is 6.06. The molecule has 1 aromatic carbocycles. The quantitative estimate of drug-likeness (QED) is 0.644. The van der Waals surface area contributed by atoms with E-state index in [4.69, 9.17) is 5.73 Å². The summed E-state index contributed by atoms with van der Waals surface area (Å²) in [5.74, 6) is 0. The van der Waals surface area contributed by atoms with E-state index >= 15 is 0 Å². The van der Waals surface area contributed by atoms with Gasteiger partial charge in [-0.15, -0.1) is 0 Å². The van der Waals surface area contributed by atoms with E-state index in [1.165, 1.54) is 31.2 Å². The van der Waals surface area contributed by atoms with E-state index < -0.39 is 0 Å². The van der Waals surface area contributed by atoms with Crippen LogP contribution in [0, 0.1) is 0 Å². The van der Waals surface area contributed by atoms with Gasteiger partial charge >= 0.3 is 0 Å². The minimum atomic E-state index is 0.301. The molecule has 0 saturated carbocycles. The Kier molecular flexibility index (Phi) is 7.69. The molecule has 0 saturated heterocycles. The molecule has 0 radical (unpaired) electrons. The predicted molar refractivity (Wildman–Crippen MR) is 74.9 cm³/mol. The lowest BCUT2D eigenvalue weighted by Gasteiger charge is -2.12. The van der Waals surface area contributed by atoms with Gasteiger partial charge in [-0.05, 0) is 12.0 Å². The van der Waals surface area contributed by atoms with E-state index in [1.54, 1.807) is 0 Å². The van der Waals surface area contributed by atoms with Crippen molar-refractivity contribution >= 4 is 0 Å². The first-order valence-corrected chi connectivity index (χ1v) is 6.83. The SMILES string of the molecule is CCCCCCC(N)CNCc1ccccc1. The predicted octanol–water partition coefficient (Wildman–Crippen LogP) is 3.07. The van der Waals surface area contributed by atoms with Gasteiger partial charge in [0.05, 0.1) is 0 Å². The summed E-state index contributed by atoms with van der Waals surface area (Å²) in [5.41, 5.74) is 7.38. The van der Waals surface area contributed by atoms with Crippen LogP contribution in [0.2, 0.25) is 0 Å². The molecule has 2 nitrogen and oxygen atoms in total. The number of unbranched alkanes of at least 4 members (excludes halogenated alkanes) is 3. The summed E-state index contributed by atoms with van der Waals surface area (Å²) >= 11 is 0. The van der Waals surface area contributed by atoms with E-state index in [-0.39, 0.29) is 0 Å². The Morgan fingerprint density at radius 2 is 1.88 bits per heavy atom. The number of rotatable bonds is 9. The highest BCUT2D eigenvalue weighted by atomic mass is 14.9. The van der Waals surface area contributed by atoms with Crippen molar-refractivity contribution in [1.82, 2.24) is 5.32 Å².